The molecule has 2 aromatic heterocycles. The monoisotopic (exact) mass is 240 g/mol. The number of furan rings is 2. The molecule has 0 N–H and O–H groups in total. The Morgan fingerprint density at radius 1 is 0.889 bits per heavy atom. The predicted octanol–water partition coefficient (Wildman–Crippen LogP) is 3.72. The van der Waals surface area contributed by atoms with Crippen molar-refractivity contribution >= 4 is 17.9 Å². The Balaban J connectivity index is 1.84. The summed E-state index contributed by atoms with van der Waals surface area (Å²) in [6, 6.07) is 7.19. The summed E-state index contributed by atoms with van der Waals surface area (Å²) in [4.78, 5) is 11.4. The van der Waals surface area contributed by atoms with Gasteiger partial charge < -0.3 is 8.83 Å². The van der Waals surface area contributed by atoms with Gasteiger partial charge in [-0.1, -0.05) is 12.2 Å². The van der Waals surface area contributed by atoms with E-state index in [9.17, 15) is 4.79 Å². The van der Waals surface area contributed by atoms with Gasteiger partial charge in [0, 0.05) is 0 Å². The molecule has 0 fully saturated rings. The Kier molecular flexibility index (Phi) is 4.14. The molecule has 3 nitrogen and oxygen atoms in total. The zero-order chi connectivity index (χ0) is 12.6. The first kappa shape index (κ1) is 11.9. The molecule has 0 saturated carbocycles. The summed E-state index contributed by atoms with van der Waals surface area (Å²) < 4.78 is 10.2. The van der Waals surface area contributed by atoms with Crippen LogP contribution in [0.2, 0.25) is 0 Å². The van der Waals surface area contributed by atoms with Crippen LogP contribution in [-0.2, 0) is 4.79 Å². The van der Waals surface area contributed by atoms with Crippen LogP contribution in [0.25, 0.3) is 12.2 Å². The van der Waals surface area contributed by atoms with Gasteiger partial charge in [-0.05, 0) is 48.6 Å². The second-order valence-electron chi connectivity index (χ2n) is 3.48. The van der Waals surface area contributed by atoms with Crippen LogP contribution >= 0.6 is 0 Å². The summed E-state index contributed by atoms with van der Waals surface area (Å²) in [6.45, 7) is 0. The molecule has 90 valence electrons. The highest BCUT2D eigenvalue weighted by molar-refractivity contribution is 6.02. The first-order valence-electron chi connectivity index (χ1n) is 5.48. The molecular weight excluding hydrogens is 228 g/mol. The van der Waals surface area contributed by atoms with E-state index in [1.54, 1.807) is 55.0 Å². The number of allylic oxidation sites excluding steroid dienone is 4. The minimum Gasteiger partial charge on any atom is -0.465 e. The molecule has 2 rings (SSSR count). The van der Waals surface area contributed by atoms with Gasteiger partial charge in [-0.3, -0.25) is 4.79 Å². The number of ketones is 1. The molecule has 0 aliphatic rings. The maximum absolute atomic E-state index is 11.4. The smallest absolute Gasteiger partial charge is 0.178 e. The third-order valence-corrected chi connectivity index (χ3v) is 2.13. The van der Waals surface area contributed by atoms with Gasteiger partial charge >= 0.3 is 0 Å². The molecule has 2 heterocycles. The largest absolute Gasteiger partial charge is 0.465 e. The number of hydrogen-bond donors (Lipinski definition) is 0. The van der Waals surface area contributed by atoms with Gasteiger partial charge in [-0.15, -0.1) is 0 Å². The highest BCUT2D eigenvalue weighted by atomic mass is 16.3. The van der Waals surface area contributed by atoms with Crippen molar-refractivity contribution < 1.29 is 13.6 Å². The molecule has 18 heavy (non-hydrogen) atoms. The van der Waals surface area contributed by atoms with E-state index in [0.29, 0.717) is 5.76 Å². The molecule has 2 aromatic rings. The summed E-state index contributed by atoms with van der Waals surface area (Å²) >= 11 is 0. The third-order valence-electron chi connectivity index (χ3n) is 2.13. The molecule has 3 heteroatoms. The fourth-order valence-corrected chi connectivity index (χ4v) is 1.29. The standard InChI is InChI=1S/C15H12O3/c16-13(9-10-15-8-4-12-18-15)5-1-2-6-14-7-3-11-17-14/h1-12H. The van der Waals surface area contributed by atoms with E-state index in [1.165, 1.54) is 12.2 Å². The highest BCUT2D eigenvalue weighted by Crippen LogP contribution is 2.03. The predicted molar refractivity (Wildman–Crippen MR) is 69.6 cm³/mol. The van der Waals surface area contributed by atoms with Crippen molar-refractivity contribution in [1.29, 1.82) is 0 Å². The lowest BCUT2D eigenvalue weighted by molar-refractivity contribution is -0.110. The van der Waals surface area contributed by atoms with Crippen LogP contribution in [0.1, 0.15) is 11.5 Å². The Hall–Kier alpha value is -2.55. The Bertz CT molecular complexity index is 555. The number of carbonyl (C=O) groups is 1. The van der Waals surface area contributed by atoms with Gasteiger partial charge in [0.15, 0.2) is 5.78 Å². The van der Waals surface area contributed by atoms with E-state index in [4.69, 9.17) is 8.83 Å². The zero-order valence-electron chi connectivity index (χ0n) is 9.65. The molecular formula is C15H12O3. The number of rotatable bonds is 5. The van der Waals surface area contributed by atoms with E-state index in [0.717, 1.165) is 5.76 Å². The molecule has 0 aliphatic heterocycles. The highest BCUT2D eigenvalue weighted by Gasteiger charge is 1.90. The molecule has 0 aromatic carbocycles. The third kappa shape index (κ3) is 3.79. The average molecular weight is 240 g/mol. The van der Waals surface area contributed by atoms with Crippen LogP contribution in [0.3, 0.4) is 0 Å². The van der Waals surface area contributed by atoms with Crippen LogP contribution in [0.4, 0.5) is 0 Å². The van der Waals surface area contributed by atoms with Gasteiger partial charge in [0.1, 0.15) is 11.5 Å². The summed E-state index contributed by atoms with van der Waals surface area (Å²) in [7, 11) is 0. The van der Waals surface area contributed by atoms with E-state index in [-0.39, 0.29) is 5.78 Å². The first-order chi connectivity index (χ1) is 8.84. The average Bonchev–Trinajstić information content (AvgIpc) is 3.04. The molecule has 0 spiro atoms. The lowest BCUT2D eigenvalue weighted by atomic mass is 10.3. The lowest BCUT2D eigenvalue weighted by Gasteiger charge is -1.83. The van der Waals surface area contributed by atoms with Crippen molar-refractivity contribution in [3.63, 3.8) is 0 Å². The summed E-state index contributed by atoms with van der Waals surface area (Å²) in [5, 5.41) is 0. The second kappa shape index (κ2) is 6.25. The van der Waals surface area contributed by atoms with Gasteiger partial charge in [0.25, 0.3) is 0 Å². The van der Waals surface area contributed by atoms with Gasteiger partial charge in [0.2, 0.25) is 0 Å². The first-order valence-corrected chi connectivity index (χ1v) is 5.48. The molecule has 0 radical (unpaired) electrons. The summed E-state index contributed by atoms with van der Waals surface area (Å²) in [5.74, 6) is 1.30. The van der Waals surface area contributed by atoms with E-state index in [2.05, 4.69) is 0 Å². The zero-order valence-corrected chi connectivity index (χ0v) is 9.65. The second-order valence-corrected chi connectivity index (χ2v) is 3.48. The number of carbonyl (C=O) groups excluding carboxylic acids is 1. The van der Waals surface area contributed by atoms with E-state index in [1.807, 2.05) is 6.07 Å². The fourth-order valence-electron chi connectivity index (χ4n) is 1.29. The Labute approximate surface area is 105 Å². The van der Waals surface area contributed by atoms with Gasteiger partial charge in [0.05, 0.1) is 12.5 Å². The van der Waals surface area contributed by atoms with Crippen LogP contribution in [0, 0.1) is 0 Å². The molecule has 0 aliphatic carbocycles. The minimum absolute atomic E-state index is 0.101. The topological polar surface area (TPSA) is 43.4 Å². The molecule has 0 saturated heterocycles. The van der Waals surface area contributed by atoms with Crippen LogP contribution in [-0.4, -0.2) is 5.78 Å². The molecule has 0 unspecified atom stereocenters. The van der Waals surface area contributed by atoms with Crippen LogP contribution < -0.4 is 0 Å². The summed E-state index contributed by atoms with van der Waals surface area (Å²) in [6.07, 6.45) is 12.9. The number of hydrogen-bond acceptors (Lipinski definition) is 3. The summed E-state index contributed by atoms with van der Waals surface area (Å²) in [5.41, 5.74) is 0. The van der Waals surface area contributed by atoms with E-state index >= 15 is 0 Å². The quantitative estimate of drug-likeness (QED) is 0.590. The maximum Gasteiger partial charge on any atom is 0.178 e. The van der Waals surface area contributed by atoms with Crippen molar-refractivity contribution in [2.45, 2.75) is 0 Å². The molecule has 0 atom stereocenters. The van der Waals surface area contributed by atoms with Crippen LogP contribution in [0.15, 0.2) is 69.9 Å². The van der Waals surface area contributed by atoms with Crippen molar-refractivity contribution in [2.75, 3.05) is 0 Å². The van der Waals surface area contributed by atoms with Gasteiger partial charge in [-0.2, -0.15) is 0 Å². The molecule has 0 amide bonds. The SMILES string of the molecule is O=C(C=CC=Cc1ccco1)C=Cc1ccco1. The van der Waals surface area contributed by atoms with Gasteiger partial charge in [-0.25, -0.2) is 0 Å². The van der Waals surface area contributed by atoms with Crippen molar-refractivity contribution in [1.82, 2.24) is 0 Å². The Morgan fingerprint density at radius 2 is 1.56 bits per heavy atom. The van der Waals surface area contributed by atoms with Crippen molar-refractivity contribution in [3.8, 4) is 0 Å². The maximum atomic E-state index is 11.4. The molecule has 0 bridgehead atoms. The van der Waals surface area contributed by atoms with E-state index < -0.39 is 0 Å². The van der Waals surface area contributed by atoms with Crippen molar-refractivity contribution in [3.05, 3.63) is 72.6 Å². The lowest BCUT2D eigenvalue weighted by Crippen LogP contribution is -1.83. The van der Waals surface area contributed by atoms with Crippen LogP contribution in [0.5, 0.6) is 0 Å². The normalized spacial score (nSPS) is 12.0. The van der Waals surface area contributed by atoms with Crippen molar-refractivity contribution in [2.24, 2.45) is 0 Å². The fraction of sp³-hybridized carbons (Fsp3) is 0. The Morgan fingerprint density at radius 3 is 2.17 bits per heavy atom. The minimum atomic E-state index is -0.101.